The lowest BCUT2D eigenvalue weighted by Crippen LogP contribution is -2.52. The number of hydrogen-bond acceptors (Lipinski definition) is 5. The highest BCUT2D eigenvalue weighted by atomic mass is 35.5. The van der Waals surface area contributed by atoms with Crippen LogP contribution >= 0.6 is 11.6 Å². The van der Waals surface area contributed by atoms with E-state index >= 15 is 0 Å². The van der Waals surface area contributed by atoms with E-state index < -0.39 is 12.1 Å². The molecule has 1 aromatic rings. The van der Waals surface area contributed by atoms with Gasteiger partial charge in [-0.1, -0.05) is 17.7 Å². The van der Waals surface area contributed by atoms with Crippen LogP contribution in [0.15, 0.2) is 24.3 Å². The molecule has 1 aromatic carbocycles. The number of carboxylic acid groups (broad SMARTS) is 1. The SMILES string of the molecule is CC(Oc1cccc(Cl)c1)C(=O)N1CCOC(CN(C)CC(=O)O)C1. The van der Waals surface area contributed by atoms with Gasteiger partial charge in [0.2, 0.25) is 0 Å². The van der Waals surface area contributed by atoms with Crippen molar-refractivity contribution in [2.45, 2.75) is 19.1 Å². The van der Waals surface area contributed by atoms with E-state index in [1.165, 1.54) is 0 Å². The summed E-state index contributed by atoms with van der Waals surface area (Å²) in [6, 6.07) is 6.91. The molecule has 0 spiro atoms. The van der Waals surface area contributed by atoms with E-state index in [0.29, 0.717) is 37.0 Å². The summed E-state index contributed by atoms with van der Waals surface area (Å²) in [5.41, 5.74) is 0. The van der Waals surface area contributed by atoms with E-state index in [-0.39, 0.29) is 18.6 Å². The van der Waals surface area contributed by atoms with Crippen LogP contribution in [0.1, 0.15) is 6.92 Å². The van der Waals surface area contributed by atoms with Crippen molar-refractivity contribution >= 4 is 23.5 Å². The minimum Gasteiger partial charge on any atom is -0.481 e. The minimum atomic E-state index is -0.894. The third-order valence-electron chi connectivity index (χ3n) is 3.83. The Bertz CT molecular complexity index is 612. The summed E-state index contributed by atoms with van der Waals surface area (Å²) in [6.45, 7) is 3.39. The molecule has 138 valence electrons. The van der Waals surface area contributed by atoms with Gasteiger partial charge in [-0.3, -0.25) is 14.5 Å². The van der Waals surface area contributed by atoms with Gasteiger partial charge in [0, 0.05) is 24.7 Å². The Balaban J connectivity index is 1.88. The predicted octanol–water partition coefficient (Wildman–Crippen LogP) is 1.35. The molecule has 2 atom stereocenters. The van der Waals surface area contributed by atoms with Crippen molar-refractivity contribution in [1.82, 2.24) is 9.80 Å². The van der Waals surface area contributed by atoms with Gasteiger partial charge in [-0.2, -0.15) is 0 Å². The molecule has 2 unspecified atom stereocenters. The monoisotopic (exact) mass is 370 g/mol. The molecule has 8 heteroatoms. The number of ether oxygens (including phenoxy) is 2. The van der Waals surface area contributed by atoms with E-state index in [1.807, 2.05) is 0 Å². The van der Waals surface area contributed by atoms with Crippen molar-refractivity contribution in [3.8, 4) is 5.75 Å². The molecule has 1 saturated heterocycles. The third-order valence-corrected chi connectivity index (χ3v) is 4.06. The van der Waals surface area contributed by atoms with Gasteiger partial charge in [-0.05, 0) is 32.2 Å². The second-order valence-electron chi connectivity index (χ2n) is 6.08. The highest BCUT2D eigenvalue weighted by Crippen LogP contribution is 2.19. The molecule has 1 heterocycles. The maximum absolute atomic E-state index is 12.6. The summed E-state index contributed by atoms with van der Waals surface area (Å²) in [6.07, 6.45) is -0.866. The largest absolute Gasteiger partial charge is 0.481 e. The number of nitrogens with zero attached hydrogens (tertiary/aromatic N) is 2. The number of carboxylic acids is 1. The molecule has 0 aliphatic carbocycles. The number of halogens is 1. The molecule has 1 aliphatic rings. The molecule has 1 fully saturated rings. The molecule has 0 saturated carbocycles. The van der Waals surface area contributed by atoms with Crippen molar-refractivity contribution in [3.63, 3.8) is 0 Å². The first-order valence-electron chi connectivity index (χ1n) is 8.08. The minimum absolute atomic E-state index is 0.0674. The van der Waals surface area contributed by atoms with E-state index in [9.17, 15) is 9.59 Å². The fourth-order valence-electron chi connectivity index (χ4n) is 2.73. The lowest BCUT2D eigenvalue weighted by Gasteiger charge is -2.35. The summed E-state index contributed by atoms with van der Waals surface area (Å²) in [7, 11) is 1.71. The van der Waals surface area contributed by atoms with Gasteiger partial charge in [0.1, 0.15) is 5.75 Å². The average molecular weight is 371 g/mol. The fraction of sp³-hybridized carbons (Fsp3) is 0.529. The van der Waals surface area contributed by atoms with Crippen LogP contribution in [0, 0.1) is 0 Å². The van der Waals surface area contributed by atoms with E-state index in [4.69, 9.17) is 26.2 Å². The van der Waals surface area contributed by atoms with E-state index in [1.54, 1.807) is 48.0 Å². The van der Waals surface area contributed by atoms with Gasteiger partial charge in [0.25, 0.3) is 5.91 Å². The topological polar surface area (TPSA) is 79.3 Å². The maximum Gasteiger partial charge on any atom is 0.317 e. The molecule has 0 bridgehead atoms. The fourth-order valence-corrected chi connectivity index (χ4v) is 2.91. The second-order valence-corrected chi connectivity index (χ2v) is 6.52. The molecular formula is C17H23ClN2O5. The molecule has 25 heavy (non-hydrogen) atoms. The average Bonchev–Trinajstić information content (AvgIpc) is 2.53. The summed E-state index contributed by atoms with van der Waals surface area (Å²) >= 11 is 5.92. The highest BCUT2D eigenvalue weighted by molar-refractivity contribution is 6.30. The zero-order valence-electron chi connectivity index (χ0n) is 14.4. The quantitative estimate of drug-likeness (QED) is 0.780. The van der Waals surface area contributed by atoms with Crippen molar-refractivity contribution in [2.75, 3.05) is 39.8 Å². The molecule has 7 nitrogen and oxygen atoms in total. The number of morpholine rings is 1. The number of rotatable bonds is 7. The molecule has 1 aliphatic heterocycles. The first kappa shape index (κ1) is 19.5. The van der Waals surface area contributed by atoms with Crippen LogP contribution in [0.25, 0.3) is 0 Å². The Morgan fingerprint density at radius 2 is 2.28 bits per heavy atom. The van der Waals surface area contributed by atoms with Crippen molar-refractivity contribution < 1.29 is 24.2 Å². The normalized spacial score (nSPS) is 18.9. The number of likely N-dealkylation sites (N-methyl/N-ethyl adjacent to an activating group) is 1. The van der Waals surface area contributed by atoms with Crippen LogP contribution in [0.5, 0.6) is 5.75 Å². The van der Waals surface area contributed by atoms with Gasteiger partial charge in [-0.15, -0.1) is 0 Å². The van der Waals surface area contributed by atoms with Crippen LogP contribution in [0.3, 0.4) is 0 Å². The Morgan fingerprint density at radius 1 is 1.52 bits per heavy atom. The summed E-state index contributed by atoms with van der Waals surface area (Å²) in [5, 5.41) is 9.36. The van der Waals surface area contributed by atoms with E-state index in [0.717, 1.165) is 0 Å². The van der Waals surface area contributed by atoms with Crippen LogP contribution in [-0.2, 0) is 14.3 Å². The van der Waals surface area contributed by atoms with Crippen LogP contribution < -0.4 is 4.74 Å². The highest BCUT2D eigenvalue weighted by Gasteiger charge is 2.29. The smallest absolute Gasteiger partial charge is 0.317 e. The van der Waals surface area contributed by atoms with Crippen LogP contribution in [0.2, 0.25) is 5.02 Å². The van der Waals surface area contributed by atoms with Gasteiger partial charge in [0.15, 0.2) is 6.10 Å². The van der Waals surface area contributed by atoms with Crippen molar-refractivity contribution in [3.05, 3.63) is 29.3 Å². The Morgan fingerprint density at radius 3 is 2.96 bits per heavy atom. The standard InChI is InChI=1S/C17H23ClN2O5/c1-12(25-14-5-3-4-13(18)8-14)17(23)20-6-7-24-15(10-20)9-19(2)11-16(21)22/h3-5,8,12,15H,6-7,9-11H2,1-2H3,(H,21,22). The number of amides is 1. The molecular weight excluding hydrogens is 348 g/mol. The summed E-state index contributed by atoms with van der Waals surface area (Å²) < 4.78 is 11.3. The lowest BCUT2D eigenvalue weighted by molar-refractivity contribution is -0.147. The molecule has 2 rings (SSSR count). The van der Waals surface area contributed by atoms with Gasteiger partial charge < -0.3 is 19.5 Å². The zero-order valence-corrected chi connectivity index (χ0v) is 15.1. The Kier molecular flexibility index (Phi) is 7.04. The molecule has 1 amide bonds. The first-order valence-corrected chi connectivity index (χ1v) is 8.46. The van der Waals surface area contributed by atoms with E-state index in [2.05, 4.69) is 0 Å². The van der Waals surface area contributed by atoms with Gasteiger partial charge in [0.05, 0.1) is 19.3 Å². The zero-order chi connectivity index (χ0) is 18.4. The summed E-state index contributed by atoms with van der Waals surface area (Å²) in [4.78, 5) is 26.7. The maximum atomic E-state index is 12.6. The Labute approximate surface area is 152 Å². The molecule has 0 aromatic heterocycles. The summed E-state index contributed by atoms with van der Waals surface area (Å²) in [5.74, 6) is -0.483. The van der Waals surface area contributed by atoms with Crippen molar-refractivity contribution in [1.29, 1.82) is 0 Å². The van der Waals surface area contributed by atoms with Crippen molar-refractivity contribution in [2.24, 2.45) is 0 Å². The molecule has 1 N–H and O–H groups in total. The number of carbonyl (C=O) groups excluding carboxylic acids is 1. The van der Waals surface area contributed by atoms with Crippen LogP contribution in [-0.4, -0.2) is 78.8 Å². The van der Waals surface area contributed by atoms with Gasteiger partial charge >= 0.3 is 5.97 Å². The van der Waals surface area contributed by atoms with Crippen LogP contribution in [0.4, 0.5) is 0 Å². The number of benzene rings is 1. The number of hydrogen-bond donors (Lipinski definition) is 1. The number of carbonyl (C=O) groups is 2. The number of aliphatic carboxylic acids is 1. The van der Waals surface area contributed by atoms with Gasteiger partial charge in [-0.25, -0.2) is 0 Å². The first-order chi connectivity index (χ1) is 11.8. The second kappa shape index (κ2) is 9.03. The Hall–Kier alpha value is -1.83. The lowest BCUT2D eigenvalue weighted by atomic mass is 10.2. The molecule has 0 radical (unpaired) electrons. The predicted molar refractivity (Wildman–Crippen MR) is 93.0 cm³/mol. The third kappa shape index (κ3) is 6.19.